The molecule has 0 spiro atoms. The molecule has 0 aliphatic heterocycles. The number of hydrogen-bond acceptors (Lipinski definition) is 5. The Kier molecular flexibility index (Phi) is 6.11. The molecule has 0 unspecified atom stereocenters. The Labute approximate surface area is 138 Å². The molecule has 0 bridgehead atoms. The van der Waals surface area contributed by atoms with Gasteiger partial charge in [-0.05, 0) is 64.0 Å². The summed E-state index contributed by atoms with van der Waals surface area (Å²) in [4.78, 5) is 4.15. The third-order valence-corrected chi connectivity index (χ3v) is 4.69. The maximum Gasteiger partial charge on any atom is 0.140 e. The highest BCUT2D eigenvalue weighted by Crippen LogP contribution is 2.30. The van der Waals surface area contributed by atoms with E-state index < -0.39 is 6.10 Å². The van der Waals surface area contributed by atoms with Gasteiger partial charge in [0.15, 0.2) is 0 Å². The van der Waals surface area contributed by atoms with Gasteiger partial charge in [-0.1, -0.05) is 6.07 Å². The van der Waals surface area contributed by atoms with E-state index in [9.17, 15) is 5.11 Å². The lowest BCUT2D eigenvalue weighted by Crippen LogP contribution is -2.44. The molecule has 1 fully saturated rings. The lowest BCUT2D eigenvalue weighted by Gasteiger charge is -2.34. The second-order valence-corrected chi connectivity index (χ2v) is 7.33. The number of rotatable bonds is 6. The van der Waals surface area contributed by atoms with E-state index in [1.807, 2.05) is 6.07 Å². The summed E-state index contributed by atoms with van der Waals surface area (Å²) < 4.78 is 0. The minimum atomic E-state index is -0.706. The van der Waals surface area contributed by atoms with E-state index in [0.717, 1.165) is 19.3 Å². The molecule has 1 atom stereocenters. The third-order valence-electron chi connectivity index (χ3n) is 4.69. The third kappa shape index (κ3) is 5.58. The first-order valence-corrected chi connectivity index (χ1v) is 8.45. The highest BCUT2D eigenvalue weighted by atomic mass is 16.3. The number of aliphatic hydroxyl groups is 1. The normalized spacial score (nSPS) is 23.3. The van der Waals surface area contributed by atoms with Gasteiger partial charge in [0.25, 0.3) is 0 Å². The number of nitrogens with one attached hydrogen (secondary N) is 1. The predicted molar refractivity (Wildman–Crippen MR) is 90.5 cm³/mol. The Morgan fingerprint density at radius 2 is 2.09 bits per heavy atom. The lowest BCUT2D eigenvalue weighted by atomic mass is 9.79. The van der Waals surface area contributed by atoms with E-state index in [4.69, 9.17) is 11.0 Å². The van der Waals surface area contributed by atoms with Gasteiger partial charge in [0.05, 0.1) is 5.69 Å². The van der Waals surface area contributed by atoms with Crippen LogP contribution in [0.2, 0.25) is 0 Å². The average molecular weight is 316 g/mol. The first-order chi connectivity index (χ1) is 10.9. The summed E-state index contributed by atoms with van der Waals surface area (Å²) in [5.41, 5.74) is 6.80. The van der Waals surface area contributed by atoms with Crippen LogP contribution in [0.3, 0.4) is 0 Å². The maximum absolute atomic E-state index is 10.3. The van der Waals surface area contributed by atoms with Crippen molar-refractivity contribution in [3.8, 4) is 6.07 Å². The zero-order valence-corrected chi connectivity index (χ0v) is 14.1. The number of aromatic nitrogens is 1. The van der Waals surface area contributed by atoms with E-state index in [-0.39, 0.29) is 5.54 Å². The second-order valence-electron chi connectivity index (χ2n) is 7.33. The fourth-order valence-corrected chi connectivity index (χ4v) is 3.36. The predicted octanol–water partition coefficient (Wildman–Crippen LogP) is 2.26. The van der Waals surface area contributed by atoms with Gasteiger partial charge in [-0.25, -0.2) is 4.98 Å². The smallest absolute Gasteiger partial charge is 0.140 e. The Hall–Kier alpha value is -1.48. The number of pyridine rings is 1. The van der Waals surface area contributed by atoms with E-state index in [1.165, 1.54) is 12.8 Å². The van der Waals surface area contributed by atoms with Gasteiger partial charge in [-0.15, -0.1) is 0 Å². The molecule has 1 aliphatic carbocycles. The minimum absolute atomic E-state index is 0.0417. The van der Waals surface area contributed by atoms with Crippen LogP contribution in [0.1, 0.15) is 63.4 Å². The van der Waals surface area contributed by atoms with Crippen LogP contribution in [0, 0.1) is 17.2 Å². The van der Waals surface area contributed by atoms with Crippen LogP contribution in [0.5, 0.6) is 0 Å². The van der Waals surface area contributed by atoms with Crippen molar-refractivity contribution < 1.29 is 5.11 Å². The maximum atomic E-state index is 10.3. The molecule has 1 aromatic rings. The van der Waals surface area contributed by atoms with Gasteiger partial charge in [-0.2, -0.15) is 5.26 Å². The molecular formula is C18H28N4O. The van der Waals surface area contributed by atoms with Gasteiger partial charge in [-0.3, -0.25) is 0 Å². The van der Waals surface area contributed by atoms with Crippen LogP contribution in [-0.4, -0.2) is 28.2 Å². The van der Waals surface area contributed by atoms with Crippen molar-refractivity contribution in [2.45, 2.75) is 63.6 Å². The lowest BCUT2D eigenvalue weighted by molar-refractivity contribution is 0.146. The summed E-state index contributed by atoms with van der Waals surface area (Å²) in [5, 5.41) is 22.6. The topological polar surface area (TPSA) is 95.0 Å². The molecule has 0 radical (unpaired) electrons. The van der Waals surface area contributed by atoms with Crippen LogP contribution in [0.15, 0.2) is 18.2 Å². The van der Waals surface area contributed by atoms with Crippen molar-refractivity contribution >= 4 is 0 Å². The van der Waals surface area contributed by atoms with Crippen molar-refractivity contribution in [1.82, 2.24) is 10.3 Å². The molecule has 1 saturated carbocycles. The van der Waals surface area contributed by atoms with Gasteiger partial charge >= 0.3 is 0 Å². The molecule has 1 aromatic heterocycles. The zero-order chi connectivity index (χ0) is 16.9. The van der Waals surface area contributed by atoms with Crippen LogP contribution < -0.4 is 11.1 Å². The largest absolute Gasteiger partial charge is 0.385 e. The van der Waals surface area contributed by atoms with E-state index in [2.05, 4.69) is 24.1 Å². The Bertz CT molecular complexity index is 544. The summed E-state index contributed by atoms with van der Waals surface area (Å²) in [5.74, 6) is 0.703. The summed E-state index contributed by atoms with van der Waals surface area (Å²) in [7, 11) is 0. The molecule has 1 heterocycles. The quantitative estimate of drug-likeness (QED) is 0.748. The van der Waals surface area contributed by atoms with Crippen LogP contribution in [-0.2, 0) is 0 Å². The van der Waals surface area contributed by atoms with Gasteiger partial charge in [0.2, 0.25) is 0 Å². The molecule has 23 heavy (non-hydrogen) atoms. The standard InChI is InChI=1S/C18H28N4O/c1-18(2,10-13-6-8-14(20)9-7-13)21-12-17(23)16-5-3-4-15(11-19)22-16/h3-5,13-14,17,21,23H,6-10,12,20H2,1-2H3/t13?,14?,17-/m1/s1. The SMILES string of the molecule is CC(C)(CC1CCC(N)CC1)NC[C@@H](O)c1cccc(C#N)n1. The molecule has 126 valence electrons. The molecule has 2 rings (SSSR count). The molecule has 5 nitrogen and oxygen atoms in total. The van der Waals surface area contributed by atoms with Crippen LogP contribution >= 0.6 is 0 Å². The highest BCUT2D eigenvalue weighted by molar-refractivity contribution is 5.23. The van der Waals surface area contributed by atoms with Gasteiger partial charge < -0.3 is 16.2 Å². The summed E-state index contributed by atoms with van der Waals surface area (Å²) in [6.45, 7) is 4.78. The number of aliphatic hydroxyl groups excluding tert-OH is 1. The summed E-state index contributed by atoms with van der Waals surface area (Å²) in [6, 6.07) is 7.52. The Morgan fingerprint density at radius 1 is 1.39 bits per heavy atom. The number of nitrogens with two attached hydrogens (primary N) is 1. The number of β-amino-alcohol motifs (C(OH)–C–C–N with tert-alkyl or cyclic N) is 1. The first kappa shape index (κ1) is 17.9. The molecule has 0 aromatic carbocycles. The van der Waals surface area contributed by atoms with Crippen molar-refractivity contribution in [2.75, 3.05) is 6.54 Å². The molecule has 1 aliphatic rings. The van der Waals surface area contributed by atoms with Crippen molar-refractivity contribution in [3.63, 3.8) is 0 Å². The second kappa shape index (κ2) is 7.87. The van der Waals surface area contributed by atoms with Gasteiger partial charge in [0, 0.05) is 18.1 Å². The fraction of sp³-hybridized carbons (Fsp3) is 0.667. The van der Waals surface area contributed by atoms with Crippen molar-refractivity contribution in [1.29, 1.82) is 5.26 Å². The van der Waals surface area contributed by atoms with Gasteiger partial charge in [0.1, 0.15) is 17.9 Å². The van der Waals surface area contributed by atoms with E-state index in [0.29, 0.717) is 29.9 Å². The van der Waals surface area contributed by atoms with Crippen molar-refractivity contribution in [2.24, 2.45) is 11.7 Å². The fourth-order valence-electron chi connectivity index (χ4n) is 3.36. The summed E-state index contributed by atoms with van der Waals surface area (Å²) in [6.07, 6.45) is 5.00. The highest BCUT2D eigenvalue weighted by Gasteiger charge is 2.27. The van der Waals surface area contributed by atoms with E-state index >= 15 is 0 Å². The van der Waals surface area contributed by atoms with E-state index in [1.54, 1.807) is 18.2 Å². The van der Waals surface area contributed by atoms with Crippen molar-refractivity contribution in [3.05, 3.63) is 29.6 Å². The van der Waals surface area contributed by atoms with Crippen LogP contribution in [0.4, 0.5) is 0 Å². The molecular weight excluding hydrogens is 288 g/mol. The number of hydrogen-bond donors (Lipinski definition) is 3. The van der Waals surface area contributed by atoms with Crippen LogP contribution in [0.25, 0.3) is 0 Å². The monoisotopic (exact) mass is 316 g/mol. The Balaban J connectivity index is 1.84. The Morgan fingerprint density at radius 3 is 2.74 bits per heavy atom. The summed E-state index contributed by atoms with van der Waals surface area (Å²) >= 11 is 0. The zero-order valence-electron chi connectivity index (χ0n) is 14.1. The first-order valence-electron chi connectivity index (χ1n) is 8.45. The number of nitrogens with zero attached hydrogens (tertiary/aromatic N) is 2. The average Bonchev–Trinajstić information content (AvgIpc) is 2.55. The molecule has 4 N–H and O–H groups in total. The minimum Gasteiger partial charge on any atom is -0.385 e. The molecule has 5 heteroatoms. The number of nitriles is 1. The molecule has 0 amide bonds. The molecule has 0 saturated heterocycles.